The van der Waals surface area contributed by atoms with Crippen molar-refractivity contribution in [2.75, 3.05) is 5.32 Å². The van der Waals surface area contributed by atoms with Crippen LogP contribution in [0.25, 0.3) is 0 Å². The monoisotopic (exact) mass is 360 g/mol. The third-order valence-corrected chi connectivity index (χ3v) is 3.31. The molecule has 8 nitrogen and oxygen atoms in total. The average Bonchev–Trinajstić information content (AvgIpc) is 3.10. The first-order valence-corrected chi connectivity index (χ1v) is 7.32. The summed E-state index contributed by atoms with van der Waals surface area (Å²) in [5, 5.41) is 15.9. The molecule has 1 unspecified atom stereocenters. The number of aromatic nitrogens is 4. The minimum absolute atomic E-state index is 0. The lowest BCUT2D eigenvalue weighted by Crippen LogP contribution is -2.20. The van der Waals surface area contributed by atoms with Crippen LogP contribution in [0.3, 0.4) is 0 Å². The Morgan fingerprint density at radius 2 is 1.88 bits per heavy atom. The number of carbonyl (C=O) groups excluding carboxylic acids is 1. The van der Waals surface area contributed by atoms with E-state index >= 15 is 0 Å². The van der Waals surface area contributed by atoms with E-state index in [1.165, 1.54) is 0 Å². The highest BCUT2D eigenvalue weighted by Gasteiger charge is 2.11. The van der Waals surface area contributed by atoms with Crippen molar-refractivity contribution in [3.05, 3.63) is 60.2 Å². The Labute approximate surface area is 150 Å². The summed E-state index contributed by atoms with van der Waals surface area (Å²) in [4.78, 5) is 12.1. The lowest BCUT2D eigenvalue weighted by Gasteiger charge is -2.12. The number of halogens is 1. The molecular formula is C16H17ClN6O2. The third-order valence-electron chi connectivity index (χ3n) is 3.31. The second-order valence-electron chi connectivity index (χ2n) is 5.09. The van der Waals surface area contributed by atoms with Crippen LogP contribution >= 0.6 is 12.4 Å². The van der Waals surface area contributed by atoms with E-state index < -0.39 is 0 Å². The van der Waals surface area contributed by atoms with Gasteiger partial charge in [0, 0.05) is 18.2 Å². The zero-order valence-electron chi connectivity index (χ0n) is 13.1. The molecule has 0 saturated carbocycles. The van der Waals surface area contributed by atoms with Gasteiger partial charge in [0.15, 0.2) is 0 Å². The number of tetrazole rings is 1. The number of nitrogens with two attached hydrogens (primary N) is 1. The number of hydrogen-bond donors (Lipinski definition) is 3. The van der Waals surface area contributed by atoms with Gasteiger partial charge in [-0.3, -0.25) is 4.79 Å². The molecule has 0 saturated heterocycles. The highest BCUT2D eigenvalue weighted by Crippen LogP contribution is 2.20. The largest absolute Gasteiger partial charge is 0.422 e. The zero-order valence-corrected chi connectivity index (χ0v) is 13.9. The number of anilines is 1. The molecule has 0 bridgehead atoms. The van der Waals surface area contributed by atoms with E-state index in [2.05, 4.69) is 25.9 Å². The Kier molecular flexibility index (Phi) is 6.44. The molecule has 3 rings (SSSR count). The highest BCUT2D eigenvalue weighted by atomic mass is 35.5. The zero-order chi connectivity index (χ0) is 16.8. The summed E-state index contributed by atoms with van der Waals surface area (Å²) in [6.07, 6.45) is 0.200. The van der Waals surface area contributed by atoms with Gasteiger partial charge in [0.05, 0.1) is 0 Å². The van der Waals surface area contributed by atoms with Gasteiger partial charge in [0.1, 0.15) is 5.75 Å². The van der Waals surface area contributed by atoms with Crippen LogP contribution in [0.2, 0.25) is 0 Å². The fourth-order valence-electron chi connectivity index (χ4n) is 2.14. The van der Waals surface area contributed by atoms with Gasteiger partial charge in [0.25, 0.3) is 0 Å². The molecule has 1 amide bonds. The molecule has 3 aromatic rings. The van der Waals surface area contributed by atoms with Gasteiger partial charge in [0.2, 0.25) is 5.91 Å². The van der Waals surface area contributed by atoms with E-state index in [0.717, 1.165) is 5.56 Å². The number of hydrogen-bond acceptors (Lipinski definition) is 6. The van der Waals surface area contributed by atoms with Gasteiger partial charge in [-0.2, -0.15) is 5.21 Å². The van der Waals surface area contributed by atoms with Crippen molar-refractivity contribution < 1.29 is 9.53 Å². The summed E-state index contributed by atoms with van der Waals surface area (Å²) in [5.41, 5.74) is 7.63. The first-order valence-electron chi connectivity index (χ1n) is 7.32. The molecule has 130 valence electrons. The topological polar surface area (TPSA) is 119 Å². The van der Waals surface area contributed by atoms with Crippen LogP contribution < -0.4 is 15.8 Å². The molecule has 0 fully saturated rings. The van der Waals surface area contributed by atoms with Crippen LogP contribution in [0.5, 0.6) is 11.8 Å². The van der Waals surface area contributed by atoms with Crippen LogP contribution in [-0.2, 0) is 4.79 Å². The first-order chi connectivity index (χ1) is 11.7. The number of aromatic amines is 1. The molecule has 0 aliphatic heterocycles. The fraction of sp³-hybridized carbons (Fsp3) is 0.125. The lowest BCUT2D eigenvalue weighted by atomic mass is 10.0. The number of ether oxygens (including phenoxy) is 1. The van der Waals surface area contributed by atoms with Crippen molar-refractivity contribution in [3.8, 4) is 11.8 Å². The predicted molar refractivity (Wildman–Crippen MR) is 94.6 cm³/mol. The average molecular weight is 361 g/mol. The number of nitrogens with zero attached hydrogens (tertiary/aromatic N) is 3. The Morgan fingerprint density at radius 1 is 1.16 bits per heavy atom. The molecule has 1 aromatic heterocycles. The number of nitrogens with one attached hydrogen (secondary N) is 2. The molecule has 25 heavy (non-hydrogen) atoms. The smallest absolute Gasteiger partial charge is 0.361 e. The fourth-order valence-corrected chi connectivity index (χ4v) is 2.14. The molecule has 4 N–H and O–H groups in total. The van der Waals surface area contributed by atoms with E-state index in [9.17, 15) is 4.79 Å². The number of rotatable bonds is 6. The molecule has 0 aliphatic carbocycles. The predicted octanol–water partition coefficient (Wildman–Crippen LogP) is 2.44. The van der Waals surface area contributed by atoms with Gasteiger partial charge in [-0.15, -0.1) is 12.4 Å². The molecular weight excluding hydrogens is 344 g/mol. The van der Waals surface area contributed by atoms with Gasteiger partial charge in [-0.1, -0.05) is 40.5 Å². The van der Waals surface area contributed by atoms with E-state index in [1.807, 2.05) is 30.3 Å². The summed E-state index contributed by atoms with van der Waals surface area (Å²) >= 11 is 0. The first kappa shape index (κ1) is 18.4. The Hall–Kier alpha value is -2.97. The summed E-state index contributed by atoms with van der Waals surface area (Å²) in [7, 11) is 0. The third kappa shape index (κ3) is 5.27. The summed E-state index contributed by atoms with van der Waals surface area (Å²) < 4.78 is 5.35. The maximum atomic E-state index is 12.1. The standard InChI is InChI=1S/C16H16N6O2.ClH/c17-14(11-4-2-1-3-5-11)10-15(23)18-12-6-8-13(9-7-12)24-16-19-21-22-20-16;/h1-9,14H,10,17H2,(H,18,23)(H,19,20,21,22);1H. The molecule has 1 atom stereocenters. The van der Waals surface area contributed by atoms with E-state index in [4.69, 9.17) is 10.5 Å². The van der Waals surface area contributed by atoms with Crippen molar-refractivity contribution >= 4 is 24.0 Å². The molecule has 0 radical (unpaired) electrons. The molecule has 0 aliphatic rings. The molecule has 9 heteroatoms. The summed E-state index contributed by atoms with van der Waals surface area (Å²) in [5.74, 6) is 0.383. The van der Waals surface area contributed by atoms with E-state index in [1.54, 1.807) is 24.3 Å². The second kappa shape index (κ2) is 8.76. The van der Waals surface area contributed by atoms with Crippen LogP contribution in [0.1, 0.15) is 18.0 Å². The number of amides is 1. The normalized spacial score (nSPS) is 11.2. The van der Waals surface area contributed by atoms with Crippen LogP contribution in [-0.4, -0.2) is 26.5 Å². The number of benzene rings is 2. The molecule has 0 spiro atoms. The summed E-state index contributed by atoms with van der Waals surface area (Å²) in [6.45, 7) is 0. The van der Waals surface area contributed by atoms with Crippen molar-refractivity contribution in [1.29, 1.82) is 0 Å². The maximum Gasteiger partial charge on any atom is 0.361 e. The maximum absolute atomic E-state index is 12.1. The van der Waals surface area contributed by atoms with Crippen molar-refractivity contribution in [2.45, 2.75) is 12.5 Å². The van der Waals surface area contributed by atoms with Crippen LogP contribution in [0, 0.1) is 0 Å². The lowest BCUT2D eigenvalue weighted by molar-refractivity contribution is -0.116. The van der Waals surface area contributed by atoms with Gasteiger partial charge in [-0.25, -0.2) is 0 Å². The van der Waals surface area contributed by atoms with Crippen molar-refractivity contribution in [2.24, 2.45) is 5.73 Å². The Balaban J connectivity index is 0.00000225. The van der Waals surface area contributed by atoms with Gasteiger partial charge >= 0.3 is 6.01 Å². The van der Waals surface area contributed by atoms with E-state index in [-0.39, 0.29) is 36.8 Å². The van der Waals surface area contributed by atoms with Gasteiger partial charge < -0.3 is 15.8 Å². The van der Waals surface area contributed by atoms with Crippen molar-refractivity contribution in [3.63, 3.8) is 0 Å². The van der Waals surface area contributed by atoms with E-state index in [0.29, 0.717) is 11.4 Å². The van der Waals surface area contributed by atoms with Crippen LogP contribution in [0.4, 0.5) is 5.69 Å². The number of H-pyrrole nitrogens is 1. The minimum Gasteiger partial charge on any atom is -0.422 e. The summed E-state index contributed by atoms with van der Waals surface area (Å²) in [6, 6.07) is 16.1. The second-order valence-corrected chi connectivity index (χ2v) is 5.09. The molecule has 2 aromatic carbocycles. The van der Waals surface area contributed by atoms with Gasteiger partial charge in [-0.05, 0) is 35.0 Å². The Morgan fingerprint density at radius 3 is 2.52 bits per heavy atom. The minimum atomic E-state index is -0.341. The number of carbonyl (C=O) groups is 1. The van der Waals surface area contributed by atoms with Crippen LogP contribution in [0.15, 0.2) is 54.6 Å². The molecule has 1 heterocycles. The quantitative estimate of drug-likeness (QED) is 0.621. The highest BCUT2D eigenvalue weighted by molar-refractivity contribution is 5.91. The van der Waals surface area contributed by atoms with Crippen molar-refractivity contribution in [1.82, 2.24) is 20.6 Å². The SMILES string of the molecule is Cl.NC(CC(=O)Nc1ccc(Oc2nn[nH]n2)cc1)c1ccccc1. The Bertz CT molecular complexity index is 780.